The van der Waals surface area contributed by atoms with Crippen LogP contribution in [0.3, 0.4) is 0 Å². The monoisotopic (exact) mass is 624 g/mol. The van der Waals surface area contributed by atoms with Crippen molar-refractivity contribution in [1.82, 2.24) is 14.9 Å². The van der Waals surface area contributed by atoms with Gasteiger partial charge in [0.1, 0.15) is 11.9 Å². The second kappa shape index (κ2) is 13.0. The van der Waals surface area contributed by atoms with E-state index in [2.05, 4.69) is 16.0 Å². The van der Waals surface area contributed by atoms with Crippen LogP contribution in [-0.4, -0.2) is 80.7 Å². The van der Waals surface area contributed by atoms with Gasteiger partial charge in [-0.15, -0.1) is 10.8 Å². The number of amides is 2. The summed E-state index contributed by atoms with van der Waals surface area (Å²) >= 11 is 6.12. The van der Waals surface area contributed by atoms with E-state index in [9.17, 15) is 23.8 Å². The fourth-order valence-electron chi connectivity index (χ4n) is 6.56. The first-order chi connectivity index (χ1) is 20.1. The molecule has 6 N–H and O–H groups in total. The third-order valence-corrected chi connectivity index (χ3v) is 11.1. The summed E-state index contributed by atoms with van der Waals surface area (Å²) in [5, 5.41) is 19.0. The lowest BCUT2D eigenvalue weighted by Gasteiger charge is -2.49. The van der Waals surface area contributed by atoms with Gasteiger partial charge in [-0.3, -0.25) is 13.9 Å². The highest BCUT2D eigenvalue weighted by atomic mass is 35.5. The molecule has 0 aliphatic carbocycles. The zero-order valence-electron chi connectivity index (χ0n) is 23.2. The second-order valence-corrected chi connectivity index (χ2v) is 13.9. The number of carbonyl (C=O) groups excluding carboxylic acids is 1. The van der Waals surface area contributed by atoms with Gasteiger partial charge in [0.25, 0.3) is 0 Å². The Hall–Kier alpha value is -2.45. The van der Waals surface area contributed by atoms with E-state index in [4.69, 9.17) is 16.3 Å². The molecule has 10 nitrogen and oxygen atoms in total. The summed E-state index contributed by atoms with van der Waals surface area (Å²) < 4.78 is 44.2. The molecule has 2 amide bonds. The van der Waals surface area contributed by atoms with Gasteiger partial charge >= 0.3 is 6.09 Å². The summed E-state index contributed by atoms with van der Waals surface area (Å²) in [6.07, 6.45) is 1.69. The van der Waals surface area contributed by atoms with E-state index in [0.29, 0.717) is 56.3 Å². The Balaban J connectivity index is 1.39. The third kappa shape index (κ3) is 6.70. The van der Waals surface area contributed by atoms with Gasteiger partial charge < -0.3 is 25.8 Å². The molecule has 13 heteroatoms. The van der Waals surface area contributed by atoms with Crippen LogP contribution in [0.4, 0.5) is 14.9 Å². The maximum atomic E-state index is 15.3. The Morgan fingerprint density at radius 1 is 1.19 bits per heavy atom. The van der Waals surface area contributed by atoms with Crippen molar-refractivity contribution in [2.75, 3.05) is 37.4 Å². The Morgan fingerprint density at radius 3 is 2.64 bits per heavy atom. The first-order valence-electron chi connectivity index (χ1n) is 14.3. The van der Waals surface area contributed by atoms with Gasteiger partial charge in [-0.25, -0.2) is 13.5 Å². The predicted octanol–water partition coefficient (Wildman–Crippen LogP) is 4.84. The number of nitrogens with zero attached hydrogens (tertiary/aromatic N) is 1. The van der Waals surface area contributed by atoms with Crippen molar-refractivity contribution in [2.45, 2.75) is 62.1 Å². The van der Waals surface area contributed by atoms with Crippen LogP contribution in [0.2, 0.25) is 5.02 Å². The Kier molecular flexibility index (Phi) is 9.63. The van der Waals surface area contributed by atoms with E-state index >= 15 is 4.39 Å². The number of hydrogen-bond acceptors (Lipinski definition) is 7. The molecule has 3 aliphatic heterocycles. The van der Waals surface area contributed by atoms with Crippen LogP contribution < -0.4 is 16.0 Å². The molecule has 42 heavy (non-hydrogen) atoms. The predicted molar refractivity (Wildman–Crippen MR) is 161 cm³/mol. The average molecular weight is 625 g/mol. The molecule has 3 heterocycles. The molecule has 0 saturated carbocycles. The van der Waals surface area contributed by atoms with E-state index in [1.54, 1.807) is 34.6 Å². The lowest BCUT2D eigenvalue weighted by atomic mass is 9.68. The van der Waals surface area contributed by atoms with Crippen LogP contribution in [0.5, 0.6) is 0 Å². The van der Waals surface area contributed by atoms with Gasteiger partial charge in [0.05, 0.1) is 5.75 Å². The molecule has 0 radical (unpaired) electrons. The summed E-state index contributed by atoms with van der Waals surface area (Å²) in [4.78, 5) is 25.9. The van der Waals surface area contributed by atoms with Crippen molar-refractivity contribution >= 4 is 40.1 Å². The number of ether oxygens (including phenoxy) is 1. The minimum Gasteiger partial charge on any atom is -0.465 e. The van der Waals surface area contributed by atoms with Gasteiger partial charge in [0.2, 0.25) is 5.91 Å². The molecule has 3 fully saturated rings. The number of piperazine rings is 1. The first-order valence-corrected chi connectivity index (χ1v) is 16.3. The Bertz CT molecular complexity index is 1280. The molecule has 0 spiro atoms. The number of carboxylic acid groups (broad SMARTS) is 1. The molecule has 2 aromatic rings. The number of halogens is 2. The van der Waals surface area contributed by atoms with Crippen LogP contribution in [0.25, 0.3) is 0 Å². The van der Waals surface area contributed by atoms with Crippen molar-refractivity contribution in [3.8, 4) is 0 Å². The number of anilines is 1. The minimum atomic E-state index is -2.91. The Labute approximate surface area is 251 Å². The third-order valence-electron chi connectivity index (χ3n) is 8.79. The molecular formula is C29H38ClFN4O6S. The lowest BCUT2D eigenvalue weighted by Crippen LogP contribution is -2.58. The van der Waals surface area contributed by atoms with E-state index in [1.807, 2.05) is 0 Å². The molecule has 4 atom stereocenters. The summed E-state index contributed by atoms with van der Waals surface area (Å²) in [5.41, 5.74) is 0.369. The average Bonchev–Trinajstić information content (AvgIpc) is 3.08. The largest absolute Gasteiger partial charge is 0.465 e. The minimum absolute atomic E-state index is 0.190. The van der Waals surface area contributed by atoms with Gasteiger partial charge in [-0.1, -0.05) is 29.8 Å². The number of benzene rings is 2. The summed E-state index contributed by atoms with van der Waals surface area (Å²) in [5.74, 6) is -0.788. The molecule has 2 aromatic carbocycles. The summed E-state index contributed by atoms with van der Waals surface area (Å²) in [7, 11) is -2.91. The number of rotatable bonds is 8. The fourth-order valence-corrected chi connectivity index (χ4v) is 8.55. The highest BCUT2D eigenvalue weighted by molar-refractivity contribution is 8.22. The highest BCUT2D eigenvalue weighted by Crippen LogP contribution is 2.49. The first kappa shape index (κ1) is 31.0. The van der Waals surface area contributed by atoms with Crippen LogP contribution in [0, 0.1) is 5.82 Å². The van der Waals surface area contributed by atoms with Crippen molar-refractivity contribution in [3.63, 3.8) is 0 Å². The number of nitrogens with one attached hydrogen (secondary N) is 3. The van der Waals surface area contributed by atoms with Crippen molar-refractivity contribution in [3.05, 3.63) is 64.4 Å². The highest BCUT2D eigenvalue weighted by Gasteiger charge is 2.47. The fraction of sp³-hybridized carbons (Fsp3) is 0.517. The maximum absolute atomic E-state index is 15.3. The van der Waals surface area contributed by atoms with Gasteiger partial charge in [0.15, 0.2) is 0 Å². The van der Waals surface area contributed by atoms with Crippen LogP contribution in [0.15, 0.2) is 42.5 Å². The maximum Gasteiger partial charge on any atom is 0.405 e. The molecule has 230 valence electrons. The van der Waals surface area contributed by atoms with E-state index in [0.717, 1.165) is 18.4 Å². The molecule has 2 bridgehead atoms. The topological polar surface area (TPSA) is 143 Å². The quantitative estimate of drug-likeness (QED) is 0.245. The van der Waals surface area contributed by atoms with E-state index in [1.165, 1.54) is 12.1 Å². The van der Waals surface area contributed by atoms with Gasteiger partial charge in [0, 0.05) is 60.1 Å². The van der Waals surface area contributed by atoms with Crippen LogP contribution in [0.1, 0.15) is 43.2 Å². The van der Waals surface area contributed by atoms with Crippen molar-refractivity contribution in [2.24, 2.45) is 0 Å². The zero-order valence-corrected chi connectivity index (χ0v) is 24.8. The van der Waals surface area contributed by atoms with Crippen LogP contribution in [-0.2, 0) is 21.4 Å². The SMILES string of the molecule is O=C(O)N[C@H](C(=O)Nc1cccc(F)c1CC[C@H]1CNC2CCCS(O)(O)N1C2)C1(c2ccc(Cl)cc2)CCOCC1. The molecule has 5 rings (SSSR count). The lowest BCUT2D eigenvalue weighted by molar-refractivity contribution is -0.121. The van der Waals surface area contributed by atoms with Gasteiger partial charge in [-0.05, 0) is 68.4 Å². The zero-order chi connectivity index (χ0) is 29.9. The number of fused-ring (bicyclic) bond motifs is 2. The molecule has 0 aromatic heterocycles. The van der Waals surface area contributed by atoms with Gasteiger partial charge in [-0.2, -0.15) is 0 Å². The summed E-state index contributed by atoms with van der Waals surface area (Å²) in [6, 6.07) is 10.2. The molecular weight excluding hydrogens is 587 g/mol. The smallest absolute Gasteiger partial charge is 0.405 e. The number of carbonyl (C=O) groups is 2. The second-order valence-electron chi connectivity index (χ2n) is 11.3. The molecule has 2 unspecified atom stereocenters. The van der Waals surface area contributed by atoms with E-state index < -0.39 is 40.1 Å². The van der Waals surface area contributed by atoms with Crippen molar-refractivity contribution in [1.29, 1.82) is 0 Å². The van der Waals surface area contributed by atoms with Crippen LogP contribution >= 0.6 is 22.4 Å². The standard InChI is InChI=1S/C29H38ClFN4O6S/c30-20-8-6-19(7-9-20)29(12-14-41-15-13-29)26(34-28(37)38)27(36)33-25-5-1-4-24(31)23(25)11-10-22-17-32-21-3-2-16-42(39,40)35(22)18-21/h1,4-9,21-22,26,32,34,39-40H,2-3,10-18H2,(H,33,36)(H,37,38)/t21?,22-,26+/m0/s1. The number of hydrogen-bond donors (Lipinski definition) is 6. The Morgan fingerprint density at radius 2 is 1.93 bits per heavy atom. The van der Waals surface area contributed by atoms with Crippen molar-refractivity contribution < 1.29 is 32.9 Å². The van der Waals surface area contributed by atoms with E-state index in [-0.39, 0.29) is 29.8 Å². The molecule has 3 aliphatic rings. The molecule has 3 saturated heterocycles. The normalized spacial score (nSPS) is 26.3. The summed E-state index contributed by atoms with van der Waals surface area (Å²) in [6.45, 7) is 1.75.